The van der Waals surface area contributed by atoms with Gasteiger partial charge in [-0.1, -0.05) is 18.2 Å². The molecule has 0 fully saturated rings. The lowest BCUT2D eigenvalue weighted by Gasteiger charge is -2.18. The summed E-state index contributed by atoms with van der Waals surface area (Å²) in [6, 6.07) is 4.13. The van der Waals surface area contributed by atoms with E-state index in [1.807, 2.05) is 33.3 Å². The van der Waals surface area contributed by atoms with E-state index in [1.165, 1.54) is 5.56 Å². The predicted molar refractivity (Wildman–Crippen MR) is 65.1 cm³/mol. The topological polar surface area (TPSA) is 28.2 Å². The molecule has 0 aliphatic heterocycles. The summed E-state index contributed by atoms with van der Waals surface area (Å²) in [6.07, 6.45) is 1.90. The van der Waals surface area contributed by atoms with E-state index < -0.39 is 0 Å². The van der Waals surface area contributed by atoms with Crippen LogP contribution in [0.15, 0.2) is 30.5 Å². The van der Waals surface area contributed by atoms with E-state index in [0.29, 0.717) is 0 Å². The first-order valence-electron chi connectivity index (χ1n) is 5.08. The van der Waals surface area contributed by atoms with E-state index in [0.717, 1.165) is 24.5 Å². The van der Waals surface area contributed by atoms with Crippen LogP contribution in [-0.4, -0.2) is 25.6 Å². The molecule has 82 valence electrons. The van der Waals surface area contributed by atoms with Crippen molar-refractivity contribution < 1.29 is 0 Å². The Labute approximate surface area is 91.8 Å². The van der Waals surface area contributed by atoms with Crippen LogP contribution in [-0.2, 0) is 6.54 Å². The summed E-state index contributed by atoms with van der Waals surface area (Å²) in [5.74, 6) is 0.984. The van der Waals surface area contributed by atoms with Crippen molar-refractivity contribution in [1.82, 2.24) is 10.3 Å². The second kappa shape index (κ2) is 5.51. The number of nitrogens with zero attached hydrogens (tertiary/aromatic N) is 2. The van der Waals surface area contributed by atoms with Crippen molar-refractivity contribution in [2.45, 2.75) is 13.5 Å². The lowest BCUT2D eigenvalue weighted by Crippen LogP contribution is -2.20. The quantitative estimate of drug-likeness (QED) is 0.743. The Balaban J connectivity index is 2.66. The first-order valence-corrected chi connectivity index (χ1v) is 5.08. The molecule has 1 heterocycles. The monoisotopic (exact) mass is 205 g/mol. The standard InChI is InChI=1S/C12H19N3/c1-10(2)9-15(4)12-6-5-11(7-13-3)8-14-12/h5-6,8,13H,1,7,9H2,2-4H3. The van der Waals surface area contributed by atoms with Crippen molar-refractivity contribution in [3.63, 3.8) is 0 Å². The van der Waals surface area contributed by atoms with E-state index in [9.17, 15) is 0 Å². The van der Waals surface area contributed by atoms with Crippen LogP contribution >= 0.6 is 0 Å². The highest BCUT2D eigenvalue weighted by molar-refractivity contribution is 5.39. The normalized spacial score (nSPS) is 10.1. The van der Waals surface area contributed by atoms with E-state index in [4.69, 9.17) is 0 Å². The van der Waals surface area contributed by atoms with Crippen LogP contribution in [0.25, 0.3) is 0 Å². The summed E-state index contributed by atoms with van der Waals surface area (Å²) in [4.78, 5) is 6.48. The summed E-state index contributed by atoms with van der Waals surface area (Å²) in [6.45, 7) is 7.61. The predicted octanol–water partition coefficient (Wildman–Crippen LogP) is 1.81. The largest absolute Gasteiger partial charge is 0.356 e. The van der Waals surface area contributed by atoms with Gasteiger partial charge in [-0.25, -0.2) is 4.98 Å². The molecule has 1 rings (SSSR count). The Hall–Kier alpha value is -1.35. The molecule has 1 aromatic heterocycles. The highest BCUT2D eigenvalue weighted by Crippen LogP contribution is 2.10. The van der Waals surface area contributed by atoms with E-state index in [-0.39, 0.29) is 0 Å². The van der Waals surface area contributed by atoms with Gasteiger partial charge >= 0.3 is 0 Å². The zero-order valence-corrected chi connectivity index (χ0v) is 9.75. The second-order valence-corrected chi connectivity index (χ2v) is 3.87. The molecule has 3 heteroatoms. The first kappa shape index (κ1) is 11.7. The number of anilines is 1. The van der Waals surface area contributed by atoms with Crippen LogP contribution in [0.4, 0.5) is 5.82 Å². The molecule has 1 aromatic rings. The van der Waals surface area contributed by atoms with Gasteiger partial charge in [0.1, 0.15) is 5.82 Å². The fraction of sp³-hybridized carbons (Fsp3) is 0.417. The van der Waals surface area contributed by atoms with Gasteiger partial charge in [0.25, 0.3) is 0 Å². The Morgan fingerprint density at radius 3 is 2.73 bits per heavy atom. The number of aromatic nitrogens is 1. The molecule has 0 radical (unpaired) electrons. The molecule has 0 bridgehead atoms. The molecule has 0 amide bonds. The minimum absolute atomic E-state index is 0.846. The average Bonchev–Trinajstić information content (AvgIpc) is 2.18. The van der Waals surface area contributed by atoms with Crippen molar-refractivity contribution in [3.05, 3.63) is 36.0 Å². The van der Waals surface area contributed by atoms with Crippen molar-refractivity contribution in [2.24, 2.45) is 0 Å². The van der Waals surface area contributed by atoms with Gasteiger partial charge in [-0.15, -0.1) is 0 Å². The SMILES string of the molecule is C=C(C)CN(C)c1ccc(CNC)cn1. The lowest BCUT2D eigenvalue weighted by atomic mass is 10.2. The Morgan fingerprint density at radius 2 is 2.27 bits per heavy atom. The summed E-state index contributed by atoms with van der Waals surface area (Å²) in [5, 5.41) is 3.10. The van der Waals surface area contributed by atoms with Crippen LogP contribution in [0.3, 0.4) is 0 Å². The van der Waals surface area contributed by atoms with Gasteiger partial charge in [0.2, 0.25) is 0 Å². The molecule has 0 aromatic carbocycles. The van der Waals surface area contributed by atoms with Crippen LogP contribution in [0, 0.1) is 0 Å². The number of nitrogens with one attached hydrogen (secondary N) is 1. The number of rotatable bonds is 5. The fourth-order valence-corrected chi connectivity index (χ4v) is 1.44. The zero-order valence-electron chi connectivity index (χ0n) is 9.75. The molecule has 0 atom stereocenters. The molecular formula is C12H19N3. The van der Waals surface area contributed by atoms with Gasteiger partial charge in [-0.05, 0) is 25.6 Å². The van der Waals surface area contributed by atoms with Crippen molar-refractivity contribution in [1.29, 1.82) is 0 Å². The van der Waals surface area contributed by atoms with Gasteiger partial charge in [-0.3, -0.25) is 0 Å². The van der Waals surface area contributed by atoms with Crippen molar-refractivity contribution in [3.8, 4) is 0 Å². The molecule has 1 N–H and O–H groups in total. The smallest absolute Gasteiger partial charge is 0.128 e. The maximum Gasteiger partial charge on any atom is 0.128 e. The molecule has 0 saturated carbocycles. The summed E-state index contributed by atoms with van der Waals surface area (Å²) in [7, 11) is 3.95. The maximum atomic E-state index is 4.40. The van der Waals surface area contributed by atoms with Crippen LogP contribution in [0.1, 0.15) is 12.5 Å². The highest BCUT2D eigenvalue weighted by Gasteiger charge is 2.01. The van der Waals surface area contributed by atoms with Gasteiger partial charge in [0, 0.05) is 26.3 Å². The molecular weight excluding hydrogens is 186 g/mol. The Bertz CT molecular complexity index is 316. The third kappa shape index (κ3) is 3.72. The molecule has 3 nitrogen and oxygen atoms in total. The molecule has 0 saturated heterocycles. The second-order valence-electron chi connectivity index (χ2n) is 3.87. The number of hydrogen-bond acceptors (Lipinski definition) is 3. The van der Waals surface area contributed by atoms with Gasteiger partial charge in [0.15, 0.2) is 0 Å². The average molecular weight is 205 g/mol. The molecule has 0 unspecified atom stereocenters. The summed E-state index contributed by atoms with van der Waals surface area (Å²) < 4.78 is 0. The molecule has 0 spiro atoms. The summed E-state index contributed by atoms with van der Waals surface area (Å²) >= 11 is 0. The zero-order chi connectivity index (χ0) is 11.3. The molecule has 0 aliphatic carbocycles. The first-order chi connectivity index (χ1) is 7.13. The number of hydrogen-bond donors (Lipinski definition) is 1. The van der Waals surface area contributed by atoms with Crippen molar-refractivity contribution >= 4 is 5.82 Å². The third-order valence-electron chi connectivity index (χ3n) is 2.09. The minimum Gasteiger partial charge on any atom is -0.356 e. The van der Waals surface area contributed by atoms with Gasteiger partial charge in [0.05, 0.1) is 0 Å². The highest BCUT2D eigenvalue weighted by atomic mass is 15.2. The Kier molecular flexibility index (Phi) is 4.31. The van der Waals surface area contributed by atoms with Crippen molar-refractivity contribution in [2.75, 3.05) is 25.5 Å². The van der Waals surface area contributed by atoms with E-state index in [2.05, 4.69) is 27.8 Å². The van der Waals surface area contributed by atoms with Crippen LogP contribution < -0.4 is 10.2 Å². The van der Waals surface area contributed by atoms with Crippen LogP contribution in [0.5, 0.6) is 0 Å². The van der Waals surface area contributed by atoms with Gasteiger partial charge < -0.3 is 10.2 Å². The van der Waals surface area contributed by atoms with Gasteiger partial charge in [-0.2, -0.15) is 0 Å². The lowest BCUT2D eigenvalue weighted by molar-refractivity contribution is 0.811. The third-order valence-corrected chi connectivity index (χ3v) is 2.09. The molecule has 0 aliphatic rings. The number of likely N-dealkylation sites (N-methyl/N-ethyl adjacent to an activating group) is 1. The fourth-order valence-electron chi connectivity index (χ4n) is 1.44. The Morgan fingerprint density at radius 1 is 1.53 bits per heavy atom. The molecule has 15 heavy (non-hydrogen) atoms. The summed E-state index contributed by atoms with van der Waals surface area (Å²) in [5.41, 5.74) is 2.34. The van der Waals surface area contributed by atoms with Crippen LogP contribution in [0.2, 0.25) is 0 Å². The maximum absolute atomic E-state index is 4.40. The van der Waals surface area contributed by atoms with E-state index in [1.54, 1.807) is 0 Å². The number of pyridine rings is 1. The van der Waals surface area contributed by atoms with E-state index >= 15 is 0 Å². The minimum atomic E-state index is 0.846.